The van der Waals surface area contributed by atoms with Crippen LogP contribution in [-0.4, -0.2) is 28.2 Å². The Morgan fingerprint density at radius 3 is 2.55 bits per heavy atom. The highest BCUT2D eigenvalue weighted by molar-refractivity contribution is 5.83. The zero-order chi connectivity index (χ0) is 15.7. The zero-order valence-corrected chi connectivity index (χ0v) is 13.9. The molecule has 4 aliphatic rings. The Kier molecular flexibility index (Phi) is 3.30. The fourth-order valence-electron chi connectivity index (χ4n) is 6.93. The molecule has 124 valence electrons. The second-order valence-electron chi connectivity index (χ2n) is 9.33. The number of aliphatic hydroxyl groups excluding tert-OH is 2. The second kappa shape index (κ2) is 4.80. The number of carbonyl (C=O) groups is 1. The molecule has 0 aromatic rings. The summed E-state index contributed by atoms with van der Waals surface area (Å²) in [4.78, 5) is 13.0. The Balaban J connectivity index is 1.68. The van der Waals surface area contributed by atoms with E-state index in [0.29, 0.717) is 30.0 Å². The van der Waals surface area contributed by atoms with Gasteiger partial charge in [0.2, 0.25) is 0 Å². The molecule has 0 aromatic carbocycles. The third-order valence-electron chi connectivity index (χ3n) is 8.19. The van der Waals surface area contributed by atoms with Crippen LogP contribution in [0, 0.1) is 34.5 Å². The van der Waals surface area contributed by atoms with Gasteiger partial charge < -0.3 is 10.2 Å². The quantitative estimate of drug-likeness (QED) is 0.723. The molecule has 4 rings (SSSR count). The van der Waals surface area contributed by atoms with Crippen LogP contribution < -0.4 is 0 Å². The molecule has 0 bridgehead atoms. The van der Waals surface area contributed by atoms with Crippen molar-refractivity contribution in [3.8, 4) is 0 Å². The molecule has 0 aliphatic heterocycles. The standard InChI is InChI=1S/C19H30O3/c1-18-5-4-14-17(15(18)9-13(21)10-18)16(22)8-11-7-12(20)3-6-19(11,14)2/h11-15,17,20-21H,3-10H2,1-2H3/t11?,12?,13?,14-,15-,17+,18+,19-/m0/s1. The molecule has 4 saturated carbocycles. The van der Waals surface area contributed by atoms with Gasteiger partial charge in [0.1, 0.15) is 5.78 Å². The van der Waals surface area contributed by atoms with E-state index in [1.54, 1.807) is 0 Å². The average molecular weight is 306 g/mol. The molecule has 8 atom stereocenters. The van der Waals surface area contributed by atoms with E-state index in [9.17, 15) is 15.0 Å². The van der Waals surface area contributed by atoms with Gasteiger partial charge in [-0.05, 0) is 73.5 Å². The van der Waals surface area contributed by atoms with E-state index in [1.807, 2.05) is 0 Å². The summed E-state index contributed by atoms with van der Waals surface area (Å²) < 4.78 is 0. The van der Waals surface area contributed by atoms with E-state index in [4.69, 9.17) is 0 Å². The van der Waals surface area contributed by atoms with Crippen LogP contribution in [0.1, 0.15) is 65.2 Å². The van der Waals surface area contributed by atoms with Crippen LogP contribution in [0.4, 0.5) is 0 Å². The Bertz CT molecular complexity index is 489. The van der Waals surface area contributed by atoms with Crippen LogP contribution in [0.25, 0.3) is 0 Å². The van der Waals surface area contributed by atoms with Crippen molar-refractivity contribution < 1.29 is 15.0 Å². The van der Waals surface area contributed by atoms with Gasteiger partial charge in [0.15, 0.2) is 0 Å². The topological polar surface area (TPSA) is 57.5 Å². The van der Waals surface area contributed by atoms with Gasteiger partial charge in [-0.15, -0.1) is 0 Å². The highest BCUT2D eigenvalue weighted by Gasteiger charge is 2.61. The summed E-state index contributed by atoms with van der Waals surface area (Å²) in [6.45, 7) is 4.69. The van der Waals surface area contributed by atoms with Gasteiger partial charge >= 0.3 is 0 Å². The Morgan fingerprint density at radius 2 is 1.77 bits per heavy atom. The van der Waals surface area contributed by atoms with E-state index in [0.717, 1.165) is 44.9 Å². The molecule has 0 spiro atoms. The van der Waals surface area contributed by atoms with Crippen molar-refractivity contribution in [2.45, 2.75) is 77.4 Å². The van der Waals surface area contributed by atoms with Crippen LogP contribution in [0.15, 0.2) is 0 Å². The molecule has 0 saturated heterocycles. The minimum Gasteiger partial charge on any atom is -0.393 e. The summed E-state index contributed by atoms with van der Waals surface area (Å²) >= 11 is 0. The maximum atomic E-state index is 13.0. The lowest BCUT2D eigenvalue weighted by Crippen LogP contribution is -2.56. The fourth-order valence-corrected chi connectivity index (χ4v) is 6.93. The number of hydrogen-bond donors (Lipinski definition) is 2. The molecule has 22 heavy (non-hydrogen) atoms. The van der Waals surface area contributed by atoms with Crippen molar-refractivity contribution in [2.75, 3.05) is 0 Å². The molecule has 0 amide bonds. The molecule has 3 nitrogen and oxygen atoms in total. The molecule has 3 unspecified atom stereocenters. The largest absolute Gasteiger partial charge is 0.393 e. The predicted molar refractivity (Wildman–Crippen MR) is 84.1 cm³/mol. The number of rotatable bonds is 0. The van der Waals surface area contributed by atoms with Crippen molar-refractivity contribution in [3.63, 3.8) is 0 Å². The monoisotopic (exact) mass is 306 g/mol. The number of hydrogen-bond acceptors (Lipinski definition) is 3. The molecule has 0 radical (unpaired) electrons. The van der Waals surface area contributed by atoms with Crippen molar-refractivity contribution in [2.24, 2.45) is 34.5 Å². The Morgan fingerprint density at radius 1 is 1.00 bits per heavy atom. The third-order valence-corrected chi connectivity index (χ3v) is 8.19. The first-order valence-electron chi connectivity index (χ1n) is 9.22. The summed E-state index contributed by atoms with van der Waals surface area (Å²) in [6, 6.07) is 0. The number of ketones is 1. The van der Waals surface area contributed by atoms with Gasteiger partial charge in [-0.25, -0.2) is 0 Å². The molecule has 4 aliphatic carbocycles. The summed E-state index contributed by atoms with van der Waals surface area (Å²) in [5, 5.41) is 20.2. The Hall–Kier alpha value is -0.410. The van der Waals surface area contributed by atoms with Gasteiger partial charge in [-0.1, -0.05) is 13.8 Å². The number of Topliss-reactive ketones (excluding diaryl/α,β-unsaturated/α-hetero) is 1. The van der Waals surface area contributed by atoms with Crippen LogP contribution in [0.2, 0.25) is 0 Å². The predicted octanol–water partition coefficient (Wildman–Crippen LogP) is 2.93. The second-order valence-corrected chi connectivity index (χ2v) is 9.33. The molecule has 0 aromatic heterocycles. The van der Waals surface area contributed by atoms with Crippen molar-refractivity contribution >= 4 is 5.78 Å². The molecule has 2 N–H and O–H groups in total. The summed E-state index contributed by atoms with van der Waals surface area (Å²) in [7, 11) is 0. The average Bonchev–Trinajstić information content (AvgIpc) is 2.75. The van der Waals surface area contributed by atoms with E-state index < -0.39 is 0 Å². The van der Waals surface area contributed by atoms with Crippen LogP contribution in [0.5, 0.6) is 0 Å². The van der Waals surface area contributed by atoms with Crippen molar-refractivity contribution in [1.82, 2.24) is 0 Å². The summed E-state index contributed by atoms with van der Waals surface area (Å²) in [5.41, 5.74) is 0.403. The molecular formula is C19H30O3. The van der Waals surface area contributed by atoms with E-state index in [-0.39, 0.29) is 29.0 Å². The minimum absolute atomic E-state index is 0.174. The van der Waals surface area contributed by atoms with Crippen LogP contribution in [0.3, 0.4) is 0 Å². The van der Waals surface area contributed by atoms with E-state index in [1.165, 1.54) is 0 Å². The lowest BCUT2D eigenvalue weighted by Gasteiger charge is -2.59. The first-order chi connectivity index (χ1) is 10.3. The smallest absolute Gasteiger partial charge is 0.136 e. The van der Waals surface area contributed by atoms with E-state index in [2.05, 4.69) is 13.8 Å². The van der Waals surface area contributed by atoms with Gasteiger partial charge in [0, 0.05) is 12.3 Å². The molecule has 0 heterocycles. The van der Waals surface area contributed by atoms with Gasteiger partial charge in [-0.2, -0.15) is 0 Å². The highest BCUT2D eigenvalue weighted by Crippen LogP contribution is 2.65. The maximum absolute atomic E-state index is 13.0. The zero-order valence-electron chi connectivity index (χ0n) is 13.9. The Labute approximate surface area is 133 Å². The third kappa shape index (κ3) is 1.97. The van der Waals surface area contributed by atoms with Crippen molar-refractivity contribution in [3.05, 3.63) is 0 Å². The number of carbonyl (C=O) groups excluding carboxylic acids is 1. The van der Waals surface area contributed by atoms with Gasteiger partial charge in [0.05, 0.1) is 12.2 Å². The number of aliphatic hydroxyl groups is 2. The van der Waals surface area contributed by atoms with Gasteiger partial charge in [0.25, 0.3) is 0 Å². The van der Waals surface area contributed by atoms with Crippen LogP contribution in [-0.2, 0) is 4.79 Å². The molecule has 4 fully saturated rings. The molecule has 3 heteroatoms. The van der Waals surface area contributed by atoms with E-state index >= 15 is 0 Å². The maximum Gasteiger partial charge on any atom is 0.136 e. The lowest BCUT2D eigenvalue weighted by atomic mass is 9.45. The first kappa shape index (κ1) is 15.1. The van der Waals surface area contributed by atoms with Crippen LogP contribution >= 0.6 is 0 Å². The first-order valence-corrected chi connectivity index (χ1v) is 9.22. The SMILES string of the molecule is C[C@]12CC[C@H]3[C@@H](C(=O)CC4CC(O)CC[C@@]43C)[C@@H]1CC(O)C2. The summed E-state index contributed by atoms with van der Waals surface area (Å²) in [6.07, 6.45) is 7.04. The number of fused-ring (bicyclic) bond motifs is 5. The fraction of sp³-hybridized carbons (Fsp3) is 0.947. The van der Waals surface area contributed by atoms with Crippen molar-refractivity contribution in [1.29, 1.82) is 0 Å². The summed E-state index contributed by atoms with van der Waals surface area (Å²) in [5.74, 6) is 1.85. The normalized spacial score (nSPS) is 57.9. The van der Waals surface area contributed by atoms with Gasteiger partial charge in [-0.3, -0.25) is 4.79 Å². The molecular weight excluding hydrogens is 276 g/mol. The minimum atomic E-state index is -0.208. The highest BCUT2D eigenvalue weighted by atomic mass is 16.3. The lowest BCUT2D eigenvalue weighted by molar-refractivity contribution is -0.158.